The number of aromatic nitrogens is 4. The van der Waals surface area contributed by atoms with Crippen molar-refractivity contribution in [2.75, 3.05) is 12.3 Å². The maximum absolute atomic E-state index is 8.95. The lowest BCUT2D eigenvalue weighted by atomic mass is 10.4. The van der Waals surface area contributed by atoms with Crippen LogP contribution >= 0.6 is 0 Å². The molecule has 1 atom stereocenters. The molecule has 0 unspecified atom stereocenters. The SMILES string of the molecule is Nc1ncnc2c1ncn2/C=C1\C[C@@H]1CO. The monoisotopic (exact) mass is 217 g/mol. The predicted octanol–water partition coefficient (Wildman–Crippen LogP) is 0.262. The number of hydrogen-bond donors (Lipinski definition) is 2. The average Bonchev–Trinajstić information content (AvgIpc) is 2.91. The molecule has 0 bridgehead atoms. The predicted molar refractivity (Wildman–Crippen MR) is 59.2 cm³/mol. The van der Waals surface area contributed by atoms with E-state index in [-0.39, 0.29) is 6.61 Å². The van der Waals surface area contributed by atoms with Crippen molar-refractivity contribution in [3.05, 3.63) is 18.2 Å². The van der Waals surface area contributed by atoms with Crippen molar-refractivity contribution in [3.8, 4) is 0 Å². The molecule has 0 spiro atoms. The number of fused-ring (bicyclic) bond motifs is 1. The molecule has 3 N–H and O–H groups in total. The minimum Gasteiger partial charge on any atom is -0.396 e. The minimum absolute atomic E-state index is 0.204. The fraction of sp³-hybridized carbons (Fsp3) is 0.300. The summed E-state index contributed by atoms with van der Waals surface area (Å²) >= 11 is 0. The number of nitrogens with zero attached hydrogens (tertiary/aromatic N) is 4. The van der Waals surface area contributed by atoms with E-state index in [1.807, 2.05) is 10.8 Å². The number of nitrogen functional groups attached to an aromatic ring is 1. The molecule has 0 aliphatic heterocycles. The number of anilines is 1. The maximum Gasteiger partial charge on any atom is 0.169 e. The van der Waals surface area contributed by atoms with E-state index < -0.39 is 0 Å². The molecule has 2 aromatic rings. The Morgan fingerprint density at radius 1 is 1.50 bits per heavy atom. The summed E-state index contributed by atoms with van der Waals surface area (Å²) in [4.78, 5) is 12.2. The molecule has 0 saturated heterocycles. The maximum atomic E-state index is 8.95. The van der Waals surface area contributed by atoms with Crippen LogP contribution in [0.15, 0.2) is 18.2 Å². The molecule has 0 aromatic carbocycles. The second kappa shape index (κ2) is 3.28. The molecule has 6 heteroatoms. The first kappa shape index (κ1) is 9.29. The molecule has 1 aliphatic carbocycles. The lowest BCUT2D eigenvalue weighted by Crippen LogP contribution is -1.94. The summed E-state index contributed by atoms with van der Waals surface area (Å²) in [6.45, 7) is 0.204. The number of aliphatic hydroxyl groups is 1. The molecule has 3 rings (SSSR count). The van der Waals surface area contributed by atoms with Gasteiger partial charge in [0.15, 0.2) is 17.0 Å². The van der Waals surface area contributed by atoms with Crippen LogP contribution in [0, 0.1) is 5.92 Å². The molecule has 2 aromatic heterocycles. The van der Waals surface area contributed by atoms with Crippen molar-refractivity contribution in [1.82, 2.24) is 19.5 Å². The molecular formula is C10H11N5O. The van der Waals surface area contributed by atoms with Crippen LogP contribution in [0.2, 0.25) is 0 Å². The van der Waals surface area contributed by atoms with E-state index in [4.69, 9.17) is 10.8 Å². The van der Waals surface area contributed by atoms with Crippen molar-refractivity contribution in [2.45, 2.75) is 6.42 Å². The van der Waals surface area contributed by atoms with Crippen molar-refractivity contribution in [3.63, 3.8) is 0 Å². The third-order valence-electron chi connectivity index (χ3n) is 2.76. The molecule has 0 amide bonds. The van der Waals surface area contributed by atoms with Gasteiger partial charge < -0.3 is 10.8 Å². The van der Waals surface area contributed by atoms with Crippen LogP contribution in [0.1, 0.15) is 6.42 Å². The van der Waals surface area contributed by atoms with Crippen LogP contribution in [0.3, 0.4) is 0 Å². The first-order chi connectivity index (χ1) is 7.79. The van der Waals surface area contributed by atoms with Gasteiger partial charge in [0.05, 0.1) is 0 Å². The van der Waals surface area contributed by atoms with Crippen molar-refractivity contribution in [2.24, 2.45) is 5.92 Å². The van der Waals surface area contributed by atoms with Gasteiger partial charge in [-0.1, -0.05) is 0 Å². The summed E-state index contributed by atoms with van der Waals surface area (Å²) in [7, 11) is 0. The number of hydrogen-bond acceptors (Lipinski definition) is 5. The summed E-state index contributed by atoms with van der Waals surface area (Å²) in [6, 6.07) is 0. The summed E-state index contributed by atoms with van der Waals surface area (Å²) in [6.07, 6.45) is 5.97. The molecular weight excluding hydrogens is 206 g/mol. The Balaban J connectivity index is 2.06. The fourth-order valence-corrected chi connectivity index (χ4v) is 1.71. The summed E-state index contributed by atoms with van der Waals surface area (Å²) in [5.41, 5.74) is 8.20. The quantitative estimate of drug-likeness (QED) is 0.753. The normalized spacial score (nSPS) is 21.8. The number of imidazole rings is 1. The lowest BCUT2D eigenvalue weighted by Gasteiger charge is -1.95. The van der Waals surface area contributed by atoms with Gasteiger partial charge in [0, 0.05) is 18.7 Å². The molecule has 1 saturated carbocycles. The highest BCUT2D eigenvalue weighted by Crippen LogP contribution is 2.37. The standard InChI is InChI=1S/C10H11N5O/c11-9-8-10(13-4-12-9)15(5-14-8)2-6-1-7(6)3-16/h2,4-5,7,16H,1,3H2,(H2,11,12,13)/b6-2+/t7-/m1/s1. The highest BCUT2D eigenvalue weighted by molar-refractivity contribution is 5.82. The zero-order valence-electron chi connectivity index (χ0n) is 8.54. The van der Waals surface area contributed by atoms with E-state index in [0.29, 0.717) is 22.9 Å². The average molecular weight is 217 g/mol. The zero-order valence-corrected chi connectivity index (χ0v) is 8.54. The topological polar surface area (TPSA) is 89.9 Å². The Morgan fingerprint density at radius 2 is 2.38 bits per heavy atom. The smallest absolute Gasteiger partial charge is 0.169 e. The van der Waals surface area contributed by atoms with Gasteiger partial charge in [-0.05, 0) is 12.0 Å². The number of rotatable bonds is 2. The second-order valence-corrected chi connectivity index (χ2v) is 3.87. The first-order valence-electron chi connectivity index (χ1n) is 5.04. The molecule has 1 fully saturated rings. The van der Waals surface area contributed by atoms with Gasteiger partial charge in [-0.15, -0.1) is 0 Å². The van der Waals surface area contributed by atoms with Gasteiger partial charge in [-0.3, -0.25) is 4.57 Å². The highest BCUT2D eigenvalue weighted by Gasteiger charge is 2.28. The molecule has 6 nitrogen and oxygen atoms in total. The van der Waals surface area contributed by atoms with Crippen LogP contribution in [0.4, 0.5) is 5.82 Å². The largest absolute Gasteiger partial charge is 0.396 e. The van der Waals surface area contributed by atoms with E-state index >= 15 is 0 Å². The Hall–Kier alpha value is -1.95. The van der Waals surface area contributed by atoms with Gasteiger partial charge in [0.25, 0.3) is 0 Å². The molecule has 0 radical (unpaired) electrons. The van der Waals surface area contributed by atoms with Gasteiger partial charge >= 0.3 is 0 Å². The first-order valence-corrected chi connectivity index (χ1v) is 5.04. The molecule has 1 aliphatic rings. The van der Waals surface area contributed by atoms with Crippen LogP contribution in [-0.4, -0.2) is 31.2 Å². The van der Waals surface area contributed by atoms with E-state index in [9.17, 15) is 0 Å². The van der Waals surface area contributed by atoms with Crippen LogP contribution in [0.5, 0.6) is 0 Å². The summed E-state index contributed by atoms with van der Waals surface area (Å²) in [5.74, 6) is 0.688. The third-order valence-corrected chi connectivity index (χ3v) is 2.76. The third kappa shape index (κ3) is 1.35. The van der Waals surface area contributed by atoms with Crippen LogP contribution in [-0.2, 0) is 0 Å². The Labute approximate surface area is 91.5 Å². The van der Waals surface area contributed by atoms with Crippen molar-refractivity contribution >= 4 is 23.2 Å². The molecule has 2 heterocycles. The zero-order chi connectivity index (χ0) is 11.1. The van der Waals surface area contributed by atoms with Gasteiger partial charge in [-0.2, -0.15) is 0 Å². The fourth-order valence-electron chi connectivity index (χ4n) is 1.71. The second-order valence-electron chi connectivity index (χ2n) is 3.87. The van der Waals surface area contributed by atoms with Crippen molar-refractivity contribution < 1.29 is 5.11 Å². The molecule has 82 valence electrons. The van der Waals surface area contributed by atoms with Gasteiger partial charge in [-0.25, -0.2) is 15.0 Å². The van der Waals surface area contributed by atoms with Crippen molar-refractivity contribution in [1.29, 1.82) is 0 Å². The Morgan fingerprint density at radius 3 is 3.12 bits per heavy atom. The van der Waals surface area contributed by atoms with Gasteiger partial charge in [0.2, 0.25) is 0 Å². The summed E-state index contributed by atoms with van der Waals surface area (Å²) < 4.78 is 1.82. The van der Waals surface area contributed by atoms with E-state index in [2.05, 4.69) is 15.0 Å². The molecule has 16 heavy (non-hydrogen) atoms. The number of nitrogens with two attached hydrogens (primary N) is 1. The van der Waals surface area contributed by atoms with Crippen LogP contribution < -0.4 is 5.73 Å². The minimum atomic E-state index is 0.204. The van der Waals surface area contributed by atoms with Crippen LogP contribution in [0.25, 0.3) is 17.4 Å². The van der Waals surface area contributed by atoms with E-state index in [1.54, 1.807) is 6.33 Å². The van der Waals surface area contributed by atoms with E-state index in [0.717, 1.165) is 6.42 Å². The summed E-state index contributed by atoms with van der Waals surface area (Å²) in [5, 5.41) is 8.95. The lowest BCUT2D eigenvalue weighted by molar-refractivity contribution is 0.281. The highest BCUT2D eigenvalue weighted by atomic mass is 16.3. The Bertz CT molecular complexity index is 574. The Kier molecular flexibility index (Phi) is 1.90. The van der Waals surface area contributed by atoms with Gasteiger partial charge in [0.1, 0.15) is 12.7 Å². The van der Waals surface area contributed by atoms with E-state index in [1.165, 1.54) is 11.9 Å². The number of aliphatic hydroxyl groups excluding tert-OH is 1.